The molecule has 0 aliphatic heterocycles. The molecule has 0 bridgehead atoms. The van der Waals surface area contributed by atoms with Crippen LogP contribution in [0.5, 0.6) is 0 Å². The Morgan fingerprint density at radius 1 is 1.38 bits per heavy atom. The van der Waals surface area contributed by atoms with Gasteiger partial charge in [0.25, 0.3) is 0 Å². The molecule has 0 fully saturated rings. The fourth-order valence-electron chi connectivity index (χ4n) is 1.56. The van der Waals surface area contributed by atoms with E-state index < -0.39 is 5.63 Å². The lowest BCUT2D eigenvalue weighted by atomic mass is 9.94. The molecule has 0 saturated heterocycles. The molecule has 1 aromatic heterocycles. The second-order valence-electron chi connectivity index (χ2n) is 3.40. The zero-order chi connectivity index (χ0) is 11.7. The minimum atomic E-state index is -0.498. The lowest BCUT2D eigenvalue weighted by molar-refractivity contribution is 0.101. The van der Waals surface area contributed by atoms with Gasteiger partial charge < -0.3 is 4.42 Å². The highest BCUT2D eigenvalue weighted by molar-refractivity contribution is 9.10. The number of hydrogen-bond acceptors (Lipinski definition) is 3. The van der Waals surface area contributed by atoms with Crippen molar-refractivity contribution < 1.29 is 9.21 Å². The Labute approximate surface area is 101 Å². The van der Waals surface area contributed by atoms with Gasteiger partial charge in [-0.2, -0.15) is 0 Å². The number of benzene rings is 1. The molecule has 0 aliphatic carbocycles. The minimum Gasteiger partial charge on any atom is -0.423 e. The standard InChI is InChI=1S/C11H8BBrO3/c12-5-9(14)8-4-11(15)16-10-3-6(13)1-2-7(8)10/h1-4H,5,12H2. The lowest BCUT2D eigenvalue weighted by Gasteiger charge is -2.03. The molecule has 80 valence electrons. The lowest BCUT2D eigenvalue weighted by Crippen LogP contribution is -2.06. The van der Waals surface area contributed by atoms with Crippen molar-refractivity contribution in [2.75, 3.05) is 0 Å². The van der Waals surface area contributed by atoms with Crippen molar-refractivity contribution in [2.24, 2.45) is 0 Å². The first-order valence-corrected chi connectivity index (χ1v) is 5.67. The van der Waals surface area contributed by atoms with E-state index in [1.165, 1.54) is 6.07 Å². The van der Waals surface area contributed by atoms with Crippen LogP contribution in [0.1, 0.15) is 10.4 Å². The highest BCUT2D eigenvalue weighted by Gasteiger charge is 2.11. The van der Waals surface area contributed by atoms with Crippen molar-refractivity contribution in [3.8, 4) is 0 Å². The van der Waals surface area contributed by atoms with Crippen LogP contribution in [0.25, 0.3) is 11.0 Å². The van der Waals surface area contributed by atoms with Crippen LogP contribution in [0.4, 0.5) is 0 Å². The minimum absolute atomic E-state index is 0.0553. The third-order valence-corrected chi connectivity index (χ3v) is 2.82. The van der Waals surface area contributed by atoms with Gasteiger partial charge in [-0.25, -0.2) is 4.79 Å². The van der Waals surface area contributed by atoms with Crippen LogP contribution in [0.15, 0.2) is 37.9 Å². The van der Waals surface area contributed by atoms with Gasteiger partial charge >= 0.3 is 5.63 Å². The number of rotatable bonds is 2. The monoisotopic (exact) mass is 278 g/mol. The number of carbonyl (C=O) groups is 1. The maximum Gasteiger partial charge on any atom is 0.336 e. The normalized spacial score (nSPS) is 10.6. The van der Waals surface area contributed by atoms with Gasteiger partial charge in [-0.1, -0.05) is 15.9 Å². The first-order valence-electron chi connectivity index (χ1n) is 4.88. The maximum absolute atomic E-state index is 11.7. The summed E-state index contributed by atoms with van der Waals surface area (Å²) in [5, 5.41) is 0.676. The smallest absolute Gasteiger partial charge is 0.336 e. The Morgan fingerprint density at radius 3 is 2.81 bits per heavy atom. The number of halogens is 1. The Hall–Kier alpha value is -1.36. The van der Waals surface area contributed by atoms with E-state index in [2.05, 4.69) is 15.9 Å². The Morgan fingerprint density at radius 2 is 2.12 bits per heavy atom. The average molecular weight is 279 g/mol. The highest BCUT2D eigenvalue weighted by Crippen LogP contribution is 2.22. The second-order valence-corrected chi connectivity index (χ2v) is 4.31. The van der Waals surface area contributed by atoms with Crippen molar-refractivity contribution in [3.63, 3.8) is 0 Å². The molecule has 16 heavy (non-hydrogen) atoms. The topological polar surface area (TPSA) is 47.3 Å². The van der Waals surface area contributed by atoms with Gasteiger partial charge in [0.05, 0.1) is 0 Å². The van der Waals surface area contributed by atoms with Crippen LogP contribution in [-0.2, 0) is 0 Å². The van der Waals surface area contributed by atoms with Gasteiger partial charge in [0, 0.05) is 21.5 Å². The number of ketones is 1. The summed E-state index contributed by atoms with van der Waals surface area (Å²) in [5.74, 6) is -0.0553. The first kappa shape index (κ1) is 11.1. The molecule has 0 aliphatic rings. The van der Waals surface area contributed by atoms with Gasteiger partial charge in [0.1, 0.15) is 13.4 Å². The van der Waals surface area contributed by atoms with Crippen LogP contribution < -0.4 is 5.63 Å². The van der Waals surface area contributed by atoms with Gasteiger partial charge in [-0.3, -0.25) is 4.79 Å². The summed E-state index contributed by atoms with van der Waals surface area (Å²) >= 11 is 3.29. The Balaban J connectivity index is 2.83. The molecular weight excluding hydrogens is 271 g/mol. The molecule has 1 heterocycles. The van der Waals surface area contributed by atoms with Gasteiger partial charge in [0.2, 0.25) is 0 Å². The van der Waals surface area contributed by atoms with E-state index in [0.29, 0.717) is 22.9 Å². The molecule has 1 aromatic carbocycles. The number of hydrogen-bond donors (Lipinski definition) is 0. The third-order valence-electron chi connectivity index (χ3n) is 2.33. The van der Waals surface area contributed by atoms with Crippen molar-refractivity contribution in [2.45, 2.75) is 6.32 Å². The first-order chi connectivity index (χ1) is 7.61. The molecule has 0 saturated carbocycles. The molecule has 0 N–H and O–H groups in total. The van der Waals surface area contributed by atoms with Crippen LogP contribution in [0.2, 0.25) is 6.32 Å². The molecule has 3 nitrogen and oxygen atoms in total. The Bertz CT molecular complexity index is 618. The van der Waals surface area contributed by atoms with Gasteiger partial charge in [-0.15, -0.1) is 0 Å². The van der Waals surface area contributed by atoms with Crippen LogP contribution in [0.3, 0.4) is 0 Å². The number of fused-ring (bicyclic) bond motifs is 1. The van der Waals surface area contributed by atoms with Gasteiger partial charge in [-0.05, 0) is 24.5 Å². The molecule has 2 rings (SSSR count). The van der Waals surface area contributed by atoms with Crippen LogP contribution in [0, 0.1) is 0 Å². The molecule has 5 heteroatoms. The van der Waals surface area contributed by atoms with Crippen LogP contribution in [-0.4, -0.2) is 13.6 Å². The SMILES string of the molecule is BCC(=O)c1cc(=O)oc2cc(Br)ccc12. The summed E-state index contributed by atoms with van der Waals surface area (Å²) in [5.41, 5.74) is 0.363. The predicted molar refractivity (Wildman–Crippen MR) is 67.9 cm³/mol. The third kappa shape index (κ3) is 1.95. The van der Waals surface area contributed by atoms with Crippen molar-refractivity contribution >= 4 is 40.5 Å². The van der Waals surface area contributed by atoms with E-state index >= 15 is 0 Å². The molecule has 0 spiro atoms. The van der Waals surface area contributed by atoms with E-state index in [1.807, 2.05) is 6.07 Å². The number of Topliss-reactive ketones (excluding diaryl/α,β-unsaturated/α-hetero) is 1. The summed E-state index contributed by atoms with van der Waals surface area (Å²) in [4.78, 5) is 23.0. The summed E-state index contributed by atoms with van der Waals surface area (Å²) in [7, 11) is 1.77. The molecule has 0 radical (unpaired) electrons. The summed E-state index contributed by atoms with van der Waals surface area (Å²) < 4.78 is 5.85. The van der Waals surface area contributed by atoms with E-state index in [-0.39, 0.29) is 5.78 Å². The van der Waals surface area contributed by atoms with Crippen molar-refractivity contribution in [1.82, 2.24) is 0 Å². The van der Waals surface area contributed by atoms with E-state index in [9.17, 15) is 9.59 Å². The van der Waals surface area contributed by atoms with E-state index in [4.69, 9.17) is 4.42 Å². The largest absolute Gasteiger partial charge is 0.423 e. The molecule has 0 unspecified atom stereocenters. The maximum atomic E-state index is 11.7. The summed E-state index contributed by atoms with van der Waals surface area (Å²) in [6.07, 6.45) is 0.370. The molecule has 0 amide bonds. The quantitative estimate of drug-likeness (QED) is 0.478. The molecular formula is C11H8BBrO3. The highest BCUT2D eigenvalue weighted by atomic mass is 79.9. The van der Waals surface area contributed by atoms with Crippen molar-refractivity contribution in [3.05, 3.63) is 44.7 Å². The van der Waals surface area contributed by atoms with Crippen LogP contribution >= 0.6 is 15.9 Å². The molecule has 2 aromatic rings. The average Bonchev–Trinajstić information content (AvgIpc) is 2.26. The fourth-order valence-corrected chi connectivity index (χ4v) is 1.90. The molecule has 0 atom stereocenters. The van der Waals surface area contributed by atoms with Crippen molar-refractivity contribution in [1.29, 1.82) is 0 Å². The van der Waals surface area contributed by atoms with E-state index in [0.717, 1.165) is 4.47 Å². The fraction of sp³-hybridized carbons (Fsp3) is 0.0909. The second kappa shape index (κ2) is 4.25. The summed E-state index contributed by atoms with van der Waals surface area (Å²) in [6.45, 7) is 0. The summed E-state index contributed by atoms with van der Waals surface area (Å²) in [6, 6.07) is 6.52. The zero-order valence-corrected chi connectivity index (χ0v) is 10.2. The van der Waals surface area contributed by atoms with Gasteiger partial charge in [0.15, 0.2) is 5.78 Å². The van der Waals surface area contributed by atoms with E-state index in [1.54, 1.807) is 20.0 Å². The Kier molecular flexibility index (Phi) is 2.96. The predicted octanol–water partition coefficient (Wildman–Crippen LogP) is 1.79. The number of carbonyl (C=O) groups excluding carboxylic acids is 1. The zero-order valence-electron chi connectivity index (χ0n) is 8.62.